The monoisotopic (exact) mass is 177 g/mol. The first-order valence-corrected chi connectivity index (χ1v) is 4.67. The lowest BCUT2D eigenvalue weighted by Gasteiger charge is -2.09. The Hall–Kier alpha value is -0.570. The largest absolute Gasteiger partial charge is 0.468 e. The quantitative estimate of drug-likeness (QED) is 0.528. The van der Waals surface area contributed by atoms with Crippen molar-refractivity contribution in [3.8, 4) is 0 Å². The standard InChI is InChI=1S/C4H8O2.C3H7N.C2H6.H2/c1-2-3-6-4-5;1-2-4-3-1;1-2;/h4H,2-3H2,1H3;4H,1-3H2;1-2H3;1H. The van der Waals surface area contributed by atoms with Crippen molar-refractivity contribution in [1.29, 1.82) is 0 Å². The Morgan fingerprint density at radius 1 is 1.50 bits per heavy atom. The summed E-state index contributed by atoms with van der Waals surface area (Å²) in [6.45, 7) is 9.45. The molecule has 1 fully saturated rings. The number of hydrogen-bond donors (Lipinski definition) is 1. The highest BCUT2D eigenvalue weighted by Crippen LogP contribution is 1.80. The fraction of sp³-hybridized carbons (Fsp3) is 0.889. The SMILES string of the molecule is C1CNC1.CC.CCCOC=O.[HH]. The maximum absolute atomic E-state index is 9.34. The lowest BCUT2D eigenvalue weighted by molar-refractivity contribution is -0.128. The van der Waals surface area contributed by atoms with Gasteiger partial charge in [-0.2, -0.15) is 0 Å². The summed E-state index contributed by atoms with van der Waals surface area (Å²) in [5.74, 6) is 0. The molecule has 3 heteroatoms. The van der Waals surface area contributed by atoms with Crippen LogP contribution in [0, 0.1) is 0 Å². The minimum atomic E-state index is 0. The second kappa shape index (κ2) is 16.8. The van der Waals surface area contributed by atoms with E-state index in [1.54, 1.807) is 0 Å². The average Bonchev–Trinajstić information content (AvgIpc) is 2.02. The highest BCUT2D eigenvalue weighted by Gasteiger charge is 1.92. The van der Waals surface area contributed by atoms with E-state index in [0.717, 1.165) is 6.42 Å². The Bertz CT molecular complexity index is 74.0. The number of rotatable bonds is 3. The van der Waals surface area contributed by atoms with Crippen molar-refractivity contribution in [2.45, 2.75) is 33.6 Å². The van der Waals surface area contributed by atoms with Crippen LogP contribution >= 0.6 is 0 Å². The van der Waals surface area contributed by atoms with E-state index in [4.69, 9.17) is 0 Å². The van der Waals surface area contributed by atoms with E-state index in [0.29, 0.717) is 13.1 Å². The molecule has 1 aliphatic rings. The van der Waals surface area contributed by atoms with Crippen LogP contribution in [0.1, 0.15) is 35.0 Å². The first kappa shape index (κ1) is 14.0. The number of ether oxygens (including phenoxy) is 1. The normalized spacial score (nSPS) is 12.2. The van der Waals surface area contributed by atoms with E-state index in [9.17, 15) is 4.79 Å². The summed E-state index contributed by atoms with van der Waals surface area (Å²) in [5.41, 5.74) is 0. The van der Waals surface area contributed by atoms with Crippen molar-refractivity contribution in [2.24, 2.45) is 0 Å². The molecule has 0 spiro atoms. The van der Waals surface area contributed by atoms with Crippen LogP contribution in [0.5, 0.6) is 0 Å². The molecule has 0 radical (unpaired) electrons. The second-order valence-electron chi connectivity index (χ2n) is 2.07. The van der Waals surface area contributed by atoms with Gasteiger partial charge < -0.3 is 10.1 Å². The molecule has 0 bridgehead atoms. The van der Waals surface area contributed by atoms with E-state index in [1.807, 2.05) is 20.8 Å². The molecule has 12 heavy (non-hydrogen) atoms. The molecule has 1 saturated heterocycles. The number of nitrogens with one attached hydrogen (secondary N) is 1. The molecule has 1 rings (SSSR count). The third-order valence-electron chi connectivity index (χ3n) is 1.10. The number of carbonyl (C=O) groups is 1. The summed E-state index contributed by atoms with van der Waals surface area (Å²) in [6.07, 6.45) is 2.29. The molecule has 1 N–H and O–H groups in total. The Morgan fingerprint density at radius 2 is 1.92 bits per heavy atom. The van der Waals surface area contributed by atoms with Gasteiger partial charge in [0.05, 0.1) is 6.61 Å². The summed E-state index contributed by atoms with van der Waals surface area (Å²) in [4.78, 5) is 9.34. The lowest BCUT2D eigenvalue weighted by Crippen LogP contribution is -2.29. The zero-order chi connectivity index (χ0) is 9.66. The number of carbonyl (C=O) groups excluding carboxylic acids is 1. The second-order valence-corrected chi connectivity index (χ2v) is 2.07. The molecule has 0 unspecified atom stereocenters. The fourth-order valence-corrected chi connectivity index (χ4v) is 0.343. The molecule has 0 atom stereocenters. The lowest BCUT2D eigenvalue weighted by atomic mass is 10.3. The molecule has 1 aliphatic heterocycles. The highest BCUT2D eigenvalue weighted by atomic mass is 16.5. The molecular formula is C9H23NO2. The molecule has 0 aromatic rings. The van der Waals surface area contributed by atoms with Gasteiger partial charge in [0.1, 0.15) is 0 Å². The Balaban J connectivity index is -0.000000125. The van der Waals surface area contributed by atoms with Gasteiger partial charge in [-0.25, -0.2) is 0 Å². The van der Waals surface area contributed by atoms with E-state index in [1.165, 1.54) is 19.5 Å². The van der Waals surface area contributed by atoms with Crippen molar-refractivity contribution in [3.05, 3.63) is 0 Å². The molecule has 0 aliphatic carbocycles. The third kappa shape index (κ3) is 16.2. The van der Waals surface area contributed by atoms with Crippen LogP contribution < -0.4 is 5.32 Å². The average molecular weight is 177 g/mol. The molecule has 1 heterocycles. The molecular weight excluding hydrogens is 154 g/mol. The first-order valence-electron chi connectivity index (χ1n) is 4.67. The maximum Gasteiger partial charge on any atom is 0.293 e. The Kier molecular flexibility index (Phi) is 19.6. The van der Waals surface area contributed by atoms with Crippen LogP contribution in [-0.4, -0.2) is 26.2 Å². The maximum atomic E-state index is 9.34. The minimum absolute atomic E-state index is 0. The zero-order valence-electron chi connectivity index (χ0n) is 8.43. The van der Waals surface area contributed by atoms with Crippen molar-refractivity contribution < 1.29 is 11.0 Å². The molecule has 0 aromatic heterocycles. The summed E-state index contributed by atoms with van der Waals surface area (Å²) >= 11 is 0. The van der Waals surface area contributed by atoms with Crippen molar-refractivity contribution >= 4 is 6.47 Å². The summed E-state index contributed by atoms with van der Waals surface area (Å²) in [7, 11) is 0. The van der Waals surface area contributed by atoms with Crippen LogP contribution in [0.4, 0.5) is 0 Å². The first-order chi connectivity index (χ1) is 5.91. The predicted molar refractivity (Wildman–Crippen MR) is 53.3 cm³/mol. The molecule has 76 valence electrons. The van der Waals surface area contributed by atoms with Crippen molar-refractivity contribution in [2.75, 3.05) is 19.7 Å². The summed E-state index contributed by atoms with van der Waals surface area (Å²) < 4.78 is 4.30. The van der Waals surface area contributed by atoms with Crippen molar-refractivity contribution in [3.63, 3.8) is 0 Å². The molecule has 0 aromatic carbocycles. The van der Waals surface area contributed by atoms with E-state index < -0.39 is 0 Å². The van der Waals surface area contributed by atoms with Gasteiger partial charge in [-0.15, -0.1) is 0 Å². The minimum Gasteiger partial charge on any atom is -0.468 e. The van der Waals surface area contributed by atoms with Crippen LogP contribution in [-0.2, 0) is 9.53 Å². The van der Waals surface area contributed by atoms with Gasteiger partial charge in [-0.3, -0.25) is 4.79 Å². The highest BCUT2D eigenvalue weighted by molar-refractivity contribution is 5.36. The molecule has 3 nitrogen and oxygen atoms in total. The smallest absolute Gasteiger partial charge is 0.293 e. The molecule has 0 amide bonds. The van der Waals surface area contributed by atoms with E-state index >= 15 is 0 Å². The van der Waals surface area contributed by atoms with Gasteiger partial charge in [0, 0.05) is 1.43 Å². The predicted octanol–water partition coefficient (Wildman–Crippen LogP) is 1.82. The summed E-state index contributed by atoms with van der Waals surface area (Å²) in [6, 6.07) is 0. The Morgan fingerprint density at radius 3 is 2.00 bits per heavy atom. The zero-order valence-corrected chi connectivity index (χ0v) is 8.43. The van der Waals surface area contributed by atoms with Gasteiger partial charge >= 0.3 is 0 Å². The Labute approximate surface area is 77.0 Å². The number of hydrogen-bond acceptors (Lipinski definition) is 3. The summed E-state index contributed by atoms with van der Waals surface area (Å²) in [5, 5.41) is 3.11. The van der Waals surface area contributed by atoms with Gasteiger partial charge in [0.2, 0.25) is 0 Å². The van der Waals surface area contributed by atoms with Crippen LogP contribution in [0.15, 0.2) is 0 Å². The molecule has 0 saturated carbocycles. The van der Waals surface area contributed by atoms with Crippen LogP contribution in [0.2, 0.25) is 0 Å². The van der Waals surface area contributed by atoms with Crippen molar-refractivity contribution in [1.82, 2.24) is 5.32 Å². The van der Waals surface area contributed by atoms with E-state index in [2.05, 4.69) is 10.1 Å². The van der Waals surface area contributed by atoms with Crippen LogP contribution in [0.25, 0.3) is 0 Å². The third-order valence-corrected chi connectivity index (χ3v) is 1.10. The van der Waals surface area contributed by atoms with Gasteiger partial charge in [0.15, 0.2) is 0 Å². The van der Waals surface area contributed by atoms with Gasteiger partial charge in [-0.1, -0.05) is 20.8 Å². The van der Waals surface area contributed by atoms with E-state index in [-0.39, 0.29) is 1.43 Å². The van der Waals surface area contributed by atoms with Crippen LogP contribution in [0.3, 0.4) is 0 Å². The van der Waals surface area contributed by atoms with Gasteiger partial charge in [-0.05, 0) is 25.9 Å². The van der Waals surface area contributed by atoms with Gasteiger partial charge in [0.25, 0.3) is 6.47 Å². The topological polar surface area (TPSA) is 38.3 Å². The fourth-order valence-electron chi connectivity index (χ4n) is 0.343.